The third-order valence-electron chi connectivity index (χ3n) is 3.57. The Kier molecular flexibility index (Phi) is 6.11. The molecule has 0 unspecified atom stereocenters. The fourth-order valence-corrected chi connectivity index (χ4v) is 3.94. The lowest BCUT2D eigenvalue weighted by Gasteiger charge is -2.22. The first-order valence-corrected chi connectivity index (χ1v) is 9.15. The van der Waals surface area contributed by atoms with Crippen molar-refractivity contribution < 1.29 is 17.9 Å². The summed E-state index contributed by atoms with van der Waals surface area (Å²) in [5.41, 5.74) is 1.13. The molecule has 2 aromatic rings. The molecule has 0 aliphatic rings. The van der Waals surface area contributed by atoms with E-state index < -0.39 is 16.0 Å². The van der Waals surface area contributed by atoms with E-state index in [1.807, 2.05) is 37.3 Å². The fourth-order valence-electron chi connectivity index (χ4n) is 2.37. The van der Waals surface area contributed by atoms with Gasteiger partial charge in [0.15, 0.2) is 0 Å². The second kappa shape index (κ2) is 8.08. The van der Waals surface area contributed by atoms with E-state index in [1.54, 1.807) is 6.07 Å². The van der Waals surface area contributed by atoms with Crippen LogP contribution in [0, 0.1) is 0 Å². The van der Waals surface area contributed by atoms with Gasteiger partial charge in [0.05, 0.1) is 17.6 Å². The Labute approximate surface area is 142 Å². The third-order valence-corrected chi connectivity index (χ3v) is 5.41. The van der Waals surface area contributed by atoms with Gasteiger partial charge in [-0.1, -0.05) is 43.3 Å². The number of carbonyl (C=O) groups excluding carboxylic acids is 1. The lowest BCUT2D eigenvalue weighted by Crippen LogP contribution is -2.31. The van der Waals surface area contributed by atoms with E-state index >= 15 is 0 Å². The summed E-state index contributed by atoms with van der Waals surface area (Å²) in [6, 6.07) is 15.4. The van der Waals surface area contributed by atoms with E-state index in [-0.39, 0.29) is 10.5 Å². The molecule has 0 saturated carbocycles. The van der Waals surface area contributed by atoms with Crippen LogP contribution in [0.1, 0.15) is 29.3 Å². The fraction of sp³-hybridized carbons (Fsp3) is 0.278. The van der Waals surface area contributed by atoms with E-state index in [0.717, 1.165) is 5.56 Å². The Morgan fingerprint density at radius 3 is 2.42 bits per heavy atom. The van der Waals surface area contributed by atoms with Crippen molar-refractivity contribution in [2.45, 2.75) is 24.8 Å². The van der Waals surface area contributed by atoms with E-state index in [0.29, 0.717) is 19.5 Å². The minimum absolute atomic E-state index is 0.0924. The third kappa shape index (κ3) is 4.21. The summed E-state index contributed by atoms with van der Waals surface area (Å²) < 4.78 is 32.0. The van der Waals surface area contributed by atoms with Gasteiger partial charge in [-0.05, 0) is 30.2 Å². The van der Waals surface area contributed by atoms with Crippen LogP contribution in [0.25, 0.3) is 0 Å². The Morgan fingerprint density at radius 1 is 1.08 bits per heavy atom. The molecule has 0 aliphatic heterocycles. The van der Waals surface area contributed by atoms with Gasteiger partial charge >= 0.3 is 5.97 Å². The zero-order valence-electron chi connectivity index (χ0n) is 13.8. The number of esters is 1. The largest absolute Gasteiger partial charge is 0.465 e. The van der Waals surface area contributed by atoms with Crippen LogP contribution < -0.4 is 0 Å². The maximum absolute atomic E-state index is 13.0. The zero-order chi connectivity index (χ0) is 17.6. The number of sulfonamides is 1. The van der Waals surface area contributed by atoms with E-state index in [1.165, 1.54) is 29.6 Å². The molecule has 128 valence electrons. The van der Waals surface area contributed by atoms with Crippen LogP contribution in [0.2, 0.25) is 0 Å². The van der Waals surface area contributed by atoms with Gasteiger partial charge in [0.2, 0.25) is 10.0 Å². The predicted octanol–water partition coefficient (Wildman–Crippen LogP) is 3.07. The van der Waals surface area contributed by atoms with Crippen LogP contribution in [0.15, 0.2) is 59.5 Å². The number of methoxy groups -OCH3 is 1. The number of nitrogens with zero attached hydrogens (tertiary/aromatic N) is 1. The van der Waals surface area contributed by atoms with Crippen molar-refractivity contribution in [1.82, 2.24) is 4.31 Å². The van der Waals surface area contributed by atoms with E-state index in [2.05, 4.69) is 4.74 Å². The molecule has 0 saturated heterocycles. The number of hydrogen-bond donors (Lipinski definition) is 0. The predicted molar refractivity (Wildman–Crippen MR) is 92.1 cm³/mol. The maximum Gasteiger partial charge on any atom is 0.337 e. The van der Waals surface area contributed by atoms with Crippen molar-refractivity contribution in [3.05, 3.63) is 65.7 Å². The molecule has 0 spiro atoms. The van der Waals surface area contributed by atoms with Crippen LogP contribution in [0.5, 0.6) is 0 Å². The lowest BCUT2D eigenvalue weighted by molar-refractivity contribution is 0.0600. The van der Waals surface area contributed by atoms with Crippen molar-refractivity contribution in [3.8, 4) is 0 Å². The van der Waals surface area contributed by atoms with E-state index in [4.69, 9.17) is 0 Å². The molecule has 0 aliphatic carbocycles. The topological polar surface area (TPSA) is 63.7 Å². The maximum atomic E-state index is 13.0. The van der Waals surface area contributed by atoms with Gasteiger partial charge in [0, 0.05) is 13.1 Å². The zero-order valence-corrected chi connectivity index (χ0v) is 14.6. The average molecular weight is 347 g/mol. The molecule has 0 N–H and O–H groups in total. The summed E-state index contributed by atoms with van der Waals surface area (Å²) >= 11 is 0. The highest BCUT2D eigenvalue weighted by Crippen LogP contribution is 2.20. The first-order valence-electron chi connectivity index (χ1n) is 7.71. The smallest absolute Gasteiger partial charge is 0.337 e. The molecule has 5 nitrogen and oxygen atoms in total. The van der Waals surface area contributed by atoms with Crippen molar-refractivity contribution >= 4 is 16.0 Å². The molecule has 0 bridgehead atoms. The summed E-state index contributed by atoms with van der Waals surface area (Å²) in [4.78, 5) is 11.7. The Morgan fingerprint density at radius 2 is 1.79 bits per heavy atom. The summed E-state index contributed by atoms with van der Waals surface area (Å²) in [5, 5.41) is 0. The second-order valence-corrected chi connectivity index (χ2v) is 7.28. The number of benzene rings is 2. The van der Waals surface area contributed by atoms with Gasteiger partial charge in [-0.2, -0.15) is 4.31 Å². The summed E-state index contributed by atoms with van der Waals surface area (Å²) in [5.74, 6) is -0.558. The first-order chi connectivity index (χ1) is 11.5. The number of ether oxygens (including phenoxy) is 1. The standard InChI is InChI=1S/C18H21NO4S/c1-3-12-19(14-15-8-5-4-6-9-15)24(21,22)17-11-7-10-16(13-17)18(20)23-2/h4-11,13H,3,12,14H2,1-2H3. The van der Waals surface area contributed by atoms with Crippen molar-refractivity contribution in [3.63, 3.8) is 0 Å². The number of rotatable bonds is 7. The first kappa shape index (κ1) is 18.2. The molecular weight excluding hydrogens is 326 g/mol. The molecule has 2 rings (SSSR count). The van der Waals surface area contributed by atoms with Gasteiger partial charge in [0.1, 0.15) is 0 Å². The molecule has 24 heavy (non-hydrogen) atoms. The lowest BCUT2D eigenvalue weighted by atomic mass is 10.2. The normalized spacial score (nSPS) is 11.5. The van der Waals surface area contributed by atoms with Crippen LogP contribution >= 0.6 is 0 Å². The van der Waals surface area contributed by atoms with Gasteiger partial charge in [0.25, 0.3) is 0 Å². The van der Waals surface area contributed by atoms with Crippen molar-refractivity contribution in [2.75, 3.05) is 13.7 Å². The molecule has 0 aromatic heterocycles. The SMILES string of the molecule is CCCN(Cc1ccccc1)S(=O)(=O)c1cccc(C(=O)OC)c1. The highest BCUT2D eigenvalue weighted by atomic mass is 32.2. The minimum atomic E-state index is -3.70. The second-order valence-electron chi connectivity index (χ2n) is 5.34. The molecular formula is C18H21NO4S. The number of hydrogen-bond acceptors (Lipinski definition) is 4. The van der Waals surface area contributed by atoms with Gasteiger partial charge in [-0.15, -0.1) is 0 Å². The Hall–Kier alpha value is -2.18. The van der Waals surface area contributed by atoms with Gasteiger partial charge in [-0.25, -0.2) is 13.2 Å². The summed E-state index contributed by atoms with van der Waals surface area (Å²) in [6.07, 6.45) is 0.697. The molecule has 0 fully saturated rings. The van der Waals surface area contributed by atoms with Crippen molar-refractivity contribution in [2.24, 2.45) is 0 Å². The highest BCUT2D eigenvalue weighted by Gasteiger charge is 2.25. The van der Waals surface area contributed by atoms with Crippen LogP contribution in [-0.4, -0.2) is 32.3 Å². The van der Waals surface area contributed by atoms with Crippen LogP contribution in [0.4, 0.5) is 0 Å². The van der Waals surface area contributed by atoms with Gasteiger partial charge < -0.3 is 4.74 Å². The van der Waals surface area contributed by atoms with Crippen LogP contribution in [-0.2, 0) is 21.3 Å². The molecule has 0 amide bonds. The van der Waals surface area contributed by atoms with E-state index in [9.17, 15) is 13.2 Å². The minimum Gasteiger partial charge on any atom is -0.465 e. The Bertz CT molecular complexity index is 788. The quantitative estimate of drug-likeness (QED) is 0.722. The average Bonchev–Trinajstić information content (AvgIpc) is 2.61. The summed E-state index contributed by atoms with van der Waals surface area (Å²) in [6.45, 7) is 2.62. The summed E-state index contributed by atoms with van der Waals surface area (Å²) in [7, 11) is -2.43. The van der Waals surface area contributed by atoms with Crippen molar-refractivity contribution in [1.29, 1.82) is 0 Å². The molecule has 2 aromatic carbocycles. The van der Waals surface area contributed by atoms with Crippen LogP contribution in [0.3, 0.4) is 0 Å². The van der Waals surface area contributed by atoms with Gasteiger partial charge in [-0.3, -0.25) is 0 Å². The Balaban J connectivity index is 2.36. The molecule has 0 heterocycles. The molecule has 0 radical (unpaired) electrons. The highest BCUT2D eigenvalue weighted by molar-refractivity contribution is 7.89. The monoisotopic (exact) mass is 347 g/mol. The number of carbonyl (C=O) groups is 1. The molecule has 6 heteroatoms. The molecule has 0 atom stereocenters.